The Balaban J connectivity index is 4.27. The summed E-state index contributed by atoms with van der Waals surface area (Å²) in [5.74, 6) is -0.877. The lowest BCUT2D eigenvalue weighted by atomic mass is 10.0. The number of carbonyl (C=O) groups is 3. The van der Waals surface area contributed by atoms with Gasteiger partial charge in [0, 0.05) is 19.3 Å². The van der Waals surface area contributed by atoms with Crippen LogP contribution in [0.4, 0.5) is 0 Å². The van der Waals surface area contributed by atoms with Crippen LogP contribution in [0.2, 0.25) is 0 Å². The monoisotopic (exact) mass is 1140 g/mol. The first kappa shape index (κ1) is 78.3. The first-order valence-corrected chi connectivity index (χ1v) is 35.2. The Bertz CT molecular complexity index is 1590. The minimum atomic E-state index is -0.783. The third-order valence-electron chi connectivity index (χ3n) is 15.3. The van der Waals surface area contributed by atoms with Gasteiger partial charge in [-0.25, -0.2) is 0 Å². The molecule has 0 aromatic heterocycles. The number of allylic oxidation sites excluding steroid dienone is 16. The Labute approximate surface area is 508 Å². The maximum absolute atomic E-state index is 12.9. The highest BCUT2D eigenvalue weighted by Gasteiger charge is 2.19. The number of esters is 3. The number of carbonyl (C=O) groups excluding carboxylic acids is 3. The zero-order valence-electron chi connectivity index (χ0n) is 54.2. The molecule has 0 saturated carbocycles. The maximum atomic E-state index is 12.9. The van der Waals surface area contributed by atoms with Crippen LogP contribution in [-0.2, 0) is 28.6 Å². The van der Waals surface area contributed by atoms with E-state index in [4.69, 9.17) is 14.2 Å². The minimum absolute atomic E-state index is 0.0792. The molecule has 1 unspecified atom stereocenters. The highest BCUT2D eigenvalue weighted by atomic mass is 16.6. The Kier molecular flexibility index (Phi) is 66.7. The smallest absolute Gasteiger partial charge is 0.306 e. The van der Waals surface area contributed by atoms with Crippen molar-refractivity contribution < 1.29 is 28.6 Å². The third kappa shape index (κ3) is 67.1. The van der Waals surface area contributed by atoms with Crippen LogP contribution in [-0.4, -0.2) is 37.2 Å². The topological polar surface area (TPSA) is 78.9 Å². The summed E-state index contributed by atoms with van der Waals surface area (Å²) in [5.41, 5.74) is 0. The second-order valence-electron chi connectivity index (χ2n) is 23.4. The molecule has 0 amide bonds. The van der Waals surface area contributed by atoms with Gasteiger partial charge in [0.25, 0.3) is 0 Å². The SMILES string of the molecule is CC/C=C\C/C=C\C/C=C\C/C=C\C/C=C\C/C=C\CCCCCCCCCCCCCCC(=O)OCC(COC(=O)CCCCCCC/C=C\C/C=C\CCCCC)OC(=O)CCCCCCCCCCCCCCCCCCCC. The van der Waals surface area contributed by atoms with E-state index in [1.165, 1.54) is 193 Å². The Morgan fingerprint density at radius 2 is 0.476 bits per heavy atom. The summed E-state index contributed by atoms with van der Waals surface area (Å²) < 4.78 is 17.0. The van der Waals surface area contributed by atoms with Gasteiger partial charge in [-0.15, -0.1) is 0 Å². The molecule has 82 heavy (non-hydrogen) atoms. The van der Waals surface area contributed by atoms with Gasteiger partial charge in [-0.05, 0) is 103 Å². The van der Waals surface area contributed by atoms with Crippen molar-refractivity contribution in [2.75, 3.05) is 13.2 Å². The van der Waals surface area contributed by atoms with Crippen molar-refractivity contribution in [3.8, 4) is 0 Å². The van der Waals surface area contributed by atoms with Crippen molar-refractivity contribution in [1.82, 2.24) is 0 Å². The Morgan fingerprint density at radius 3 is 0.768 bits per heavy atom. The van der Waals surface area contributed by atoms with Gasteiger partial charge >= 0.3 is 17.9 Å². The number of unbranched alkanes of at least 4 members (excludes halogenated alkanes) is 37. The van der Waals surface area contributed by atoms with E-state index in [0.717, 1.165) is 116 Å². The molecule has 0 aliphatic heterocycles. The van der Waals surface area contributed by atoms with Crippen molar-refractivity contribution in [2.24, 2.45) is 0 Å². The first-order valence-electron chi connectivity index (χ1n) is 35.2. The van der Waals surface area contributed by atoms with Crippen LogP contribution in [0.1, 0.15) is 348 Å². The van der Waals surface area contributed by atoms with Crippen LogP contribution >= 0.6 is 0 Å². The van der Waals surface area contributed by atoms with Gasteiger partial charge in [-0.3, -0.25) is 14.4 Å². The molecule has 472 valence electrons. The molecule has 0 aliphatic rings. The minimum Gasteiger partial charge on any atom is -0.462 e. The van der Waals surface area contributed by atoms with E-state index < -0.39 is 6.10 Å². The maximum Gasteiger partial charge on any atom is 0.306 e. The standard InChI is InChI=1S/C76H132O6/c1-4-7-10-13-16-19-22-25-28-30-32-33-34-35-36-37-38-39-40-41-42-43-44-46-48-51-54-57-60-63-66-69-75(78)81-72-73(71-80-74(77)68-65-62-59-56-53-50-47-27-24-21-18-15-12-9-6-3)82-76(79)70-67-64-61-58-55-52-49-45-31-29-26-23-20-17-14-11-8-5-2/h7,10,16,18-19,21,25,27-28,32-33,35-36,38-39,47,73H,4-6,8-9,11-15,17,20,22-24,26,29-31,34,37,40-46,48-72H2,1-3H3/b10-7-,19-16-,21-18-,28-25-,33-32-,36-35-,39-38-,47-27-. The van der Waals surface area contributed by atoms with Crippen molar-refractivity contribution in [1.29, 1.82) is 0 Å². The normalized spacial score (nSPS) is 12.7. The van der Waals surface area contributed by atoms with Gasteiger partial charge < -0.3 is 14.2 Å². The van der Waals surface area contributed by atoms with E-state index in [2.05, 4.69) is 118 Å². The lowest BCUT2D eigenvalue weighted by molar-refractivity contribution is -0.167. The van der Waals surface area contributed by atoms with Crippen molar-refractivity contribution in [2.45, 2.75) is 354 Å². The zero-order chi connectivity index (χ0) is 59.2. The number of rotatable bonds is 64. The molecule has 0 rings (SSSR count). The quantitative estimate of drug-likeness (QED) is 0.0261. The molecular formula is C76H132O6. The van der Waals surface area contributed by atoms with Crippen LogP contribution in [0.25, 0.3) is 0 Å². The molecule has 0 aromatic carbocycles. The molecule has 6 nitrogen and oxygen atoms in total. The summed E-state index contributed by atoms with van der Waals surface area (Å²) in [7, 11) is 0. The van der Waals surface area contributed by atoms with E-state index in [0.29, 0.717) is 19.3 Å². The summed E-state index contributed by atoms with van der Waals surface area (Å²) in [5, 5.41) is 0. The van der Waals surface area contributed by atoms with Gasteiger partial charge in [0.05, 0.1) is 0 Å². The average Bonchev–Trinajstić information content (AvgIpc) is 3.47. The Morgan fingerprint density at radius 1 is 0.256 bits per heavy atom. The van der Waals surface area contributed by atoms with Crippen molar-refractivity contribution >= 4 is 17.9 Å². The molecular weight excluding hydrogens is 1010 g/mol. The first-order chi connectivity index (χ1) is 40.5. The molecule has 0 bridgehead atoms. The second-order valence-corrected chi connectivity index (χ2v) is 23.4. The number of hydrogen-bond acceptors (Lipinski definition) is 6. The lowest BCUT2D eigenvalue weighted by Gasteiger charge is -2.18. The van der Waals surface area contributed by atoms with E-state index in [9.17, 15) is 14.4 Å². The van der Waals surface area contributed by atoms with Crippen LogP contribution in [0.3, 0.4) is 0 Å². The number of hydrogen-bond donors (Lipinski definition) is 0. The Hall–Kier alpha value is -3.67. The van der Waals surface area contributed by atoms with Gasteiger partial charge in [0.15, 0.2) is 6.10 Å². The molecule has 0 spiro atoms. The fourth-order valence-electron chi connectivity index (χ4n) is 10.1. The third-order valence-corrected chi connectivity index (χ3v) is 15.3. The second kappa shape index (κ2) is 69.8. The average molecular weight is 1140 g/mol. The molecule has 0 radical (unpaired) electrons. The zero-order valence-corrected chi connectivity index (χ0v) is 54.2. The van der Waals surface area contributed by atoms with Gasteiger partial charge in [0.1, 0.15) is 13.2 Å². The van der Waals surface area contributed by atoms with Gasteiger partial charge in [-0.1, -0.05) is 323 Å². The largest absolute Gasteiger partial charge is 0.462 e. The van der Waals surface area contributed by atoms with Crippen LogP contribution in [0.5, 0.6) is 0 Å². The van der Waals surface area contributed by atoms with Gasteiger partial charge in [0.2, 0.25) is 0 Å². The van der Waals surface area contributed by atoms with Crippen molar-refractivity contribution in [3.63, 3.8) is 0 Å². The summed E-state index contributed by atoms with van der Waals surface area (Å²) in [6, 6.07) is 0. The van der Waals surface area contributed by atoms with Gasteiger partial charge in [-0.2, -0.15) is 0 Å². The summed E-state index contributed by atoms with van der Waals surface area (Å²) in [6.45, 7) is 6.53. The molecule has 0 N–H and O–H groups in total. The molecule has 0 fully saturated rings. The predicted octanol–water partition coefficient (Wildman–Crippen LogP) is 24.4. The highest BCUT2D eigenvalue weighted by Crippen LogP contribution is 2.17. The molecule has 0 aliphatic carbocycles. The summed E-state index contributed by atoms with van der Waals surface area (Å²) >= 11 is 0. The number of ether oxygens (including phenoxy) is 3. The van der Waals surface area contributed by atoms with E-state index >= 15 is 0 Å². The fraction of sp³-hybridized carbons (Fsp3) is 0.750. The molecule has 0 aromatic rings. The summed E-state index contributed by atoms with van der Waals surface area (Å²) in [4.78, 5) is 38.4. The molecule has 6 heteroatoms. The molecule has 0 saturated heterocycles. The summed E-state index contributed by atoms with van der Waals surface area (Å²) in [6.07, 6.45) is 94.3. The van der Waals surface area contributed by atoms with E-state index in [1.54, 1.807) is 0 Å². The fourth-order valence-corrected chi connectivity index (χ4v) is 10.1. The molecule has 0 heterocycles. The highest BCUT2D eigenvalue weighted by molar-refractivity contribution is 5.71. The van der Waals surface area contributed by atoms with E-state index in [1.807, 2.05) is 0 Å². The van der Waals surface area contributed by atoms with Crippen LogP contribution in [0, 0.1) is 0 Å². The molecule has 1 atom stereocenters. The van der Waals surface area contributed by atoms with Crippen molar-refractivity contribution in [3.05, 3.63) is 97.2 Å². The predicted molar refractivity (Wildman–Crippen MR) is 357 cm³/mol. The van der Waals surface area contributed by atoms with Crippen LogP contribution in [0.15, 0.2) is 97.2 Å². The lowest BCUT2D eigenvalue weighted by Crippen LogP contribution is -2.30. The van der Waals surface area contributed by atoms with E-state index in [-0.39, 0.29) is 31.1 Å². The van der Waals surface area contributed by atoms with Crippen LogP contribution < -0.4 is 0 Å².